The molecule has 0 saturated carbocycles. The van der Waals surface area contributed by atoms with E-state index >= 15 is 0 Å². The van der Waals surface area contributed by atoms with E-state index in [1.165, 1.54) is 12.1 Å². The Bertz CT molecular complexity index is 827. The molecule has 2 aromatic carbocycles. The van der Waals surface area contributed by atoms with Crippen molar-refractivity contribution in [1.29, 1.82) is 0 Å². The van der Waals surface area contributed by atoms with Crippen LogP contribution < -0.4 is 19.5 Å². The Balaban J connectivity index is 1.69. The number of carbonyl (C=O) groups excluding carboxylic acids is 1. The van der Waals surface area contributed by atoms with E-state index in [0.717, 1.165) is 23.8 Å². The maximum atomic E-state index is 13.0. The van der Waals surface area contributed by atoms with Gasteiger partial charge >= 0.3 is 0 Å². The predicted molar refractivity (Wildman–Crippen MR) is 96.9 cm³/mol. The molecule has 138 valence electrons. The molecule has 1 N–H and O–H groups in total. The van der Waals surface area contributed by atoms with Crippen LogP contribution in [0.1, 0.15) is 19.4 Å². The van der Waals surface area contributed by atoms with Crippen molar-refractivity contribution in [2.45, 2.75) is 26.4 Å². The maximum absolute atomic E-state index is 13.0. The number of anilines is 1. The van der Waals surface area contributed by atoms with Gasteiger partial charge in [0.1, 0.15) is 29.2 Å². The van der Waals surface area contributed by atoms with Crippen LogP contribution in [-0.4, -0.2) is 25.2 Å². The number of nitrogens with one attached hydrogen (secondary N) is 1. The van der Waals surface area contributed by atoms with Crippen LogP contribution in [0.25, 0.3) is 0 Å². The lowest BCUT2D eigenvalue weighted by Gasteiger charge is -2.14. The van der Waals surface area contributed by atoms with Crippen LogP contribution in [0.4, 0.5) is 10.1 Å². The molecule has 0 saturated heterocycles. The van der Waals surface area contributed by atoms with Crippen molar-refractivity contribution < 1.29 is 23.4 Å². The molecule has 0 aromatic heterocycles. The van der Waals surface area contributed by atoms with Crippen LogP contribution in [-0.2, 0) is 11.2 Å². The molecule has 1 aliphatic rings. The van der Waals surface area contributed by atoms with Gasteiger partial charge in [0.2, 0.25) is 0 Å². The van der Waals surface area contributed by atoms with Crippen LogP contribution in [0, 0.1) is 5.82 Å². The molecule has 0 aliphatic carbocycles. The molecule has 5 nitrogen and oxygen atoms in total. The average Bonchev–Trinajstić information content (AvgIpc) is 2.93. The van der Waals surface area contributed by atoms with Gasteiger partial charge in [-0.25, -0.2) is 4.39 Å². The maximum Gasteiger partial charge on any atom is 0.262 e. The lowest BCUT2D eigenvalue weighted by atomic mass is 10.1. The van der Waals surface area contributed by atoms with Crippen molar-refractivity contribution in [2.75, 3.05) is 18.5 Å². The van der Waals surface area contributed by atoms with Crippen molar-refractivity contribution in [1.82, 2.24) is 0 Å². The number of hydrogen-bond donors (Lipinski definition) is 1. The molecule has 26 heavy (non-hydrogen) atoms. The van der Waals surface area contributed by atoms with E-state index in [1.54, 1.807) is 6.07 Å². The van der Waals surface area contributed by atoms with Crippen molar-refractivity contribution >= 4 is 23.2 Å². The van der Waals surface area contributed by atoms with Crippen molar-refractivity contribution in [3.8, 4) is 17.2 Å². The number of ether oxygens (including phenoxy) is 3. The number of fused-ring (bicyclic) bond motifs is 1. The van der Waals surface area contributed by atoms with Gasteiger partial charge in [0.05, 0.1) is 17.3 Å². The third-order valence-electron chi connectivity index (χ3n) is 3.82. The minimum atomic E-state index is -0.472. The minimum absolute atomic E-state index is 0.0920. The van der Waals surface area contributed by atoms with Crippen LogP contribution in [0.15, 0.2) is 30.3 Å². The summed E-state index contributed by atoms with van der Waals surface area (Å²) in [7, 11) is 0. The highest BCUT2D eigenvalue weighted by Crippen LogP contribution is 2.38. The van der Waals surface area contributed by atoms with Gasteiger partial charge in [0, 0.05) is 18.1 Å². The molecule has 1 unspecified atom stereocenters. The van der Waals surface area contributed by atoms with Gasteiger partial charge in [-0.05, 0) is 38.1 Å². The Morgan fingerprint density at radius 3 is 2.85 bits per heavy atom. The number of halogens is 2. The third-order valence-corrected chi connectivity index (χ3v) is 4.12. The summed E-state index contributed by atoms with van der Waals surface area (Å²) < 4.78 is 29.7. The van der Waals surface area contributed by atoms with E-state index in [2.05, 4.69) is 5.32 Å². The highest BCUT2D eigenvalue weighted by atomic mass is 35.5. The zero-order valence-electron chi connectivity index (χ0n) is 14.5. The van der Waals surface area contributed by atoms with E-state index < -0.39 is 11.7 Å². The number of benzene rings is 2. The molecule has 0 fully saturated rings. The summed E-state index contributed by atoms with van der Waals surface area (Å²) >= 11 is 5.88. The second-order valence-corrected chi connectivity index (χ2v) is 6.34. The minimum Gasteiger partial charge on any atom is -0.492 e. The third kappa shape index (κ3) is 4.19. The normalized spacial score (nSPS) is 15.2. The molecular formula is C19H19ClFNO4. The van der Waals surface area contributed by atoms with Crippen molar-refractivity contribution in [3.05, 3.63) is 46.7 Å². The lowest BCUT2D eigenvalue weighted by Crippen LogP contribution is -2.20. The average molecular weight is 380 g/mol. The largest absolute Gasteiger partial charge is 0.492 e. The first-order valence-corrected chi connectivity index (χ1v) is 8.68. The first-order valence-electron chi connectivity index (χ1n) is 8.30. The van der Waals surface area contributed by atoms with E-state index in [1.807, 2.05) is 19.9 Å². The second kappa shape index (κ2) is 7.83. The van der Waals surface area contributed by atoms with Crippen molar-refractivity contribution in [2.24, 2.45) is 0 Å². The van der Waals surface area contributed by atoms with E-state index in [-0.39, 0.29) is 23.5 Å². The fourth-order valence-electron chi connectivity index (χ4n) is 2.73. The quantitative estimate of drug-likeness (QED) is 0.816. The molecule has 0 bridgehead atoms. The first kappa shape index (κ1) is 18.3. The molecule has 3 rings (SSSR count). The molecule has 2 aromatic rings. The summed E-state index contributed by atoms with van der Waals surface area (Å²) in [5.41, 5.74) is 1.56. The number of rotatable bonds is 6. The lowest BCUT2D eigenvalue weighted by molar-refractivity contribution is -0.118. The number of carbonyl (C=O) groups is 1. The first-order chi connectivity index (χ1) is 12.5. The van der Waals surface area contributed by atoms with E-state index in [9.17, 15) is 9.18 Å². The van der Waals surface area contributed by atoms with Gasteiger partial charge in [-0.15, -0.1) is 0 Å². The Morgan fingerprint density at radius 1 is 1.31 bits per heavy atom. The summed E-state index contributed by atoms with van der Waals surface area (Å²) in [4.78, 5) is 12.2. The van der Waals surface area contributed by atoms with Crippen molar-refractivity contribution in [3.63, 3.8) is 0 Å². The fourth-order valence-corrected chi connectivity index (χ4v) is 2.96. The highest BCUT2D eigenvalue weighted by Gasteiger charge is 2.22. The SMILES string of the molecule is CCOc1cc2c(cc1NC(=O)COc1ccc(F)cc1Cl)OC(C)C2. The Hall–Kier alpha value is -2.47. The predicted octanol–water partition coefficient (Wildman–Crippen LogP) is 4.22. The molecular weight excluding hydrogens is 361 g/mol. The molecule has 1 atom stereocenters. The molecule has 7 heteroatoms. The van der Waals surface area contributed by atoms with Crippen LogP contribution in [0.2, 0.25) is 5.02 Å². The van der Waals surface area contributed by atoms with Gasteiger partial charge in [0.15, 0.2) is 6.61 Å². The molecule has 0 radical (unpaired) electrons. The molecule has 1 aliphatic heterocycles. The summed E-state index contributed by atoms with van der Waals surface area (Å²) in [5.74, 6) is 0.688. The number of amides is 1. The highest BCUT2D eigenvalue weighted by molar-refractivity contribution is 6.32. The van der Waals surface area contributed by atoms with Gasteiger partial charge in [-0.1, -0.05) is 11.6 Å². The van der Waals surface area contributed by atoms with Crippen LogP contribution >= 0.6 is 11.6 Å². The Labute approximate surface area is 156 Å². The fraction of sp³-hybridized carbons (Fsp3) is 0.316. The van der Waals surface area contributed by atoms with Crippen LogP contribution in [0.5, 0.6) is 17.2 Å². The van der Waals surface area contributed by atoms with E-state index in [4.69, 9.17) is 25.8 Å². The summed E-state index contributed by atoms with van der Waals surface area (Å²) in [6, 6.07) is 7.36. The number of hydrogen-bond acceptors (Lipinski definition) is 4. The smallest absolute Gasteiger partial charge is 0.262 e. The summed E-state index contributed by atoms with van der Waals surface area (Å²) in [6.07, 6.45) is 0.893. The molecule has 1 heterocycles. The van der Waals surface area contributed by atoms with E-state index in [0.29, 0.717) is 18.0 Å². The zero-order chi connectivity index (χ0) is 18.7. The topological polar surface area (TPSA) is 56.8 Å². The molecule has 1 amide bonds. The van der Waals surface area contributed by atoms with Gasteiger partial charge in [0.25, 0.3) is 5.91 Å². The standard InChI is InChI=1S/C19H19ClFNO4/c1-3-24-18-7-12-6-11(2)26-17(12)9-15(18)22-19(23)10-25-16-5-4-13(21)8-14(16)20/h4-5,7-9,11H,3,6,10H2,1-2H3,(H,22,23). The Morgan fingerprint density at radius 2 is 2.12 bits per heavy atom. The van der Waals surface area contributed by atoms with Gasteiger partial charge < -0.3 is 19.5 Å². The second-order valence-electron chi connectivity index (χ2n) is 5.93. The summed E-state index contributed by atoms with van der Waals surface area (Å²) in [6.45, 7) is 4.06. The zero-order valence-corrected chi connectivity index (χ0v) is 15.2. The Kier molecular flexibility index (Phi) is 5.52. The summed E-state index contributed by atoms with van der Waals surface area (Å²) in [5, 5.41) is 2.86. The van der Waals surface area contributed by atoms with Gasteiger partial charge in [-0.3, -0.25) is 4.79 Å². The van der Waals surface area contributed by atoms with Gasteiger partial charge in [-0.2, -0.15) is 0 Å². The van der Waals surface area contributed by atoms with Crippen LogP contribution in [0.3, 0.4) is 0 Å². The monoisotopic (exact) mass is 379 g/mol. The molecule has 0 spiro atoms.